The molecule has 1 fully saturated rings. The minimum absolute atomic E-state index is 0.0235. The summed E-state index contributed by atoms with van der Waals surface area (Å²) in [7, 11) is -0.419. The van der Waals surface area contributed by atoms with E-state index in [4.69, 9.17) is 4.74 Å². The summed E-state index contributed by atoms with van der Waals surface area (Å²) in [6.07, 6.45) is -4.67. The summed E-state index contributed by atoms with van der Waals surface area (Å²) in [4.78, 5) is 1.38. The van der Waals surface area contributed by atoms with Gasteiger partial charge in [-0.1, -0.05) is 6.07 Å². The van der Waals surface area contributed by atoms with E-state index in [1.54, 1.807) is 17.0 Å². The van der Waals surface area contributed by atoms with Crippen molar-refractivity contribution in [1.82, 2.24) is 14.5 Å². The summed E-state index contributed by atoms with van der Waals surface area (Å²) in [5.41, 5.74) is -1.00. The van der Waals surface area contributed by atoms with Crippen molar-refractivity contribution in [3.63, 3.8) is 0 Å². The lowest BCUT2D eigenvalue weighted by molar-refractivity contribution is -0.137. The number of ether oxygens (including phenoxy) is 1. The van der Waals surface area contributed by atoms with Crippen molar-refractivity contribution in [2.45, 2.75) is 23.6 Å². The number of benzene rings is 1. The predicted molar refractivity (Wildman–Crippen MR) is 95.6 cm³/mol. The largest absolute Gasteiger partial charge is 0.472 e. The first kappa shape index (κ1) is 20.3. The minimum atomic E-state index is -4.61. The zero-order valence-electron chi connectivity index (χ0n) is 15.2. The molecular weight excluding hydrogens is 397 g/mol. The summed E-state index contributed by atoms with van der Waals surface area (Å²) >= 11 is 0. The highest BCUT2D eigenvalue weighted by molar-refractivity contribution is 7.89. The van der Waals surface area contributed by atoms with E-state index in [1.807, 2.05) is 14.1 Å². The quantitative estimate of drug-likeness (QED) is 0.745. The van der Waals surface area contributed by atoms with Crippen LogP contribution in [0.4, 0.5) is 19.0 Å². The van der Waals surface area contributed by atoms with Crippen molar-refractivity contribution in [2.75, 3.05) is 32.1 Å². The van der Waals surface area contributed by atoms with Gasteiger partial charge < -0.3 is 9.64 Å². The third-order valence-corrected chi connectivity index (χ3v) is 6.14. The molecule has 2 aromatic rings. The molecule has 0 N–H and O–H groups in total. The number of alkyl halides is 3. The molecule has 1 aromatic heterocycles. The lowest BCUT2D eigenvalue weighted by Gasteiger charge is -2.18. The van der Waals surface area contributed by atoms with Crippen molar-refractivity contribution in [2.24, 2.45) is 0 Å². The van der Waals surface area contributed by atoms with Crippen LogP contribution in [-0.4, -0.2) is 56.2 Å². The Morgan fingerprint density at radius 3 is 2.54 bits per heavy atom. The average Bonchev–Trinajstić information content (AvgIpc) is 3.11. The second-order valence-electron chi connectivity index (χ2n) is 6.54. The van der Waals surface area contributed by atoms with Crippen LogP contribution in [0, 0.1) is 0 Å². The van der Waals surface area contributed by atoms with Crippen molar-refractivity contribution >= 4 is 15.8 Å². The van der Waals surface area contributed by atoms with Crippen LogP contribution in [0.3, 0.4) is 0 Å². The van der Waals surface area contributed by atoms with E-state index in [0.717, 1.165) is 22.5 Å². The smallest absolute Gasteiger partial charge is 0.416 e. The Balaban J connectivity index is 1.70. The monoisotopic (exact) mass is 416 g/mol. The van der Waals surface area contributed by atoms with Gasteiger partial charge in [0.1, 0.15) is 6.10 Å². The lowest BCUT2D eigenvalue weighted by Crippen LogP contribution is -2.31. The summed E-state index contributed by atoms with van der Waals surface area (Å²) in [5.74, 6) is 0.904. The Bertz CT molecular complexity index is 933. The standard InChI is InChI=1S/C17H19F3N4O3S/c1-23(2)15-6-7-16(22-21-15)27-13-8-9-24(11-13)28(25,26)14-5-3-4-12(10-14)17(18,19)20/h3-7,10,13H,8-9,11H2,1-2H3. The molecule has 0 spiro atoms. The Morgan fingerprint density at radius 1 is 1.18 bits per heavy atom. The fourth-order valence-electron chi connectivity index (χ4n) is 2.78. The number of anilines is 1. The third kappa shape index (κ3) is 4.36. The molecule has 7 nitrogen and oxygen atoms in total. The molecule has 0 bridgehead atoms. The van der Waals surface area contributed by atoms with Gasteiger partial charge >= 0.3 is 6.18 Å². The van der Waals surface area contributed by atoms with Gasteiger partial charge in [0, 0.05) is 26.7 Å². The van der Waals surface area contributed by atoms with Gasteiger partial charge in [0.2, 0.25) is 15.9 Å². The molecule has 1 saturated heterocycles. The Hall–Kier alpha value is -2.40. The summed E-state index contributed by atoms with van der Waals surface area (Å²) in [6.45, 7) is 0.169. The number of aromatic nitrogens is 2. The first-order chi connectivity index (χ1) is 13.1. The van der Waals surface area contributed by atoms with E-state index in [9.17, 15) is 21.6 Å². The van der Waals surface area contributed by atoms with Crippen LogP contribution < -0.4 is 9.64 Å². The van der Waals surface area contributed by atoms with Gasteiger partial charge in [-0.05, 0) is 30.7 Å². The fourth-order valence-corrected chi connectivity index (χ4v) is 4.31. The maximum atomic E-state index is 12.9. The van der Waals surface area contributed by atoms with E-state index in [-0.39, 0.29) is 19.0 Å². The minimum Gasteiger partial charge on any atom is -0.472 e. The molecule has 1 atom stereocenters. The zero-order chi connectivity index (χ0) is 20.5. The van der Waals surface area contributed by atoms with Crippen LogP contribution in [-0.2, 0) is 16.2 Å². The highest BCUT2D eigenvalue weighted by atomic mass is 32.2. The van der Waals surface area contributed by atoms with Crippen LogP contribution in [0.2, 0.25) is 0 Å². The molecule has 0 radical (unpaired) electrons. The van der Waals surface area contributed by atoms with Crippen molar-refractivity contribution in [1.29, 1.82) is 0 Å². The van der Waals surface area contributed by atoms with Gasteiger partial charge in [0.15, 0.2) is 5.82 Å². The number of hydrogen-bond acceptors (Lipinski definition) is 6. The van der Waals surface area contributed by atoms with Gasteiger partial charge in [-0.3, -0.25) is 0 Å². The van der Waals surface area contributed by atoms with Crippen LogP contribution in [0.1, 0.15) is 12.0 Å². The fraction of sp³-hybridized carbons (Fsp3) is 0.412. The maximum absolute atomic E-state index is 12.9. The third-order valence-electron chi connectivity index (χ3n) is 4.28. The Kier molecular flexibility index (Phi) is 5.48. The van der Waals surface area contributed by atoms with Crippen molar-refractivity contribution in [3.8, 4) is 5.88 Å². The molecule has 152 valence electrons. The van der Waals surface area contributed by atoms with Crippen LogP contribution >= 0.6 is 0 Å². The number of hydrogen-bond donors (Lipinski definition) is 0. The molecule has 1 unspecified atom stereocenters. The Labute approximate surface area is 160 Å². The number of rotatable bonds is 5. The van der Waals surface area contributed by atoms with Crippen LogP contribution in [0.5, 0.6) is 5.88 Å². The molecule has 11 heteroatoms. The van der Waals surface area contributed by atoms with E-state index in [0.29, 0.717) is 18.3 Å². The highest BCUT2D eigenvalue weighted by Gasteiger charge is 2.36. The highest BCUT2D eigenvalue weighted by Crippen LogP contribution is 2.32. The molecule has 1 aliphatic heterocycles. The molecule has 0 aliphatic carbocycles. The topological polar surface area (TPSA) is 75.6 Å². The molecular formula is C17H19F3N4O3S. The Morgan fingerprint density at radius 2 is 1.93 bits per heavy atom. The first-order valence-electron chi connectivity index (χ1n) is 8.42. The SMILES string of the molecule is CN(C)c1ccc(OC2CCN(S(=O)(=O)c3cccc(C(F)(F)F)c3)C2)nn1. The number of halogens is 3. The van der Waals surface area contributed by atoms with Gasteiger partial charge in [-0.15, -0.1) is 10.2 Å². The summed E-state index contributed by atoms with van der Waals surface area (Å²) < 4.78 is 70.8. The van der Waals surface area contributed by atoms with Crippen molar-refractivity contribution in [3.05, 3.63) is 42.0 Å². The molecule has 2 heterocycles. The molecule has 0 saturated carbocycles. The second-order valence-corrected chi connectivity index (χ2v) is 8.48. The maximum Gasteiger partial charge on any atom is 0.416 e. The normalized spacial score (nSPS) is 18.2. The van der Waals surface area contributed by atoms with Crippen LogP contribution in [0.25, 0.3) is 0 Å². The number of sulfonamides is 1. The zero-order valence-corrected chi connectivity index (χ0v) is 16.0. The van der Waals surface area contributed by atoms with Gasteiger partial charge in [0.25, 0.3) is 0 Å². The van der Waals surface area contributed by atoms with Gasteiger partial charge in [-0.25, -0.2) is 8.42 Å². The van der Waals surface area contributed by atoms with Gasteiger partial charge in [0.05, 0.1) is 17.0 Å². The predicted octanol–water partition coefficient (Wildman–Crippen LogP) is 2.40. The van der Waals surface area contributed by atoms with E-state index in [2.05, 4.69) is 10.2 Å². The van der Waals surface area contributed by atoms with E-state index < -0.39 is 32.8 Å². The molecule has 1 aliphatic rings. The van der Waals surface area contributed by atoms with E-state index in [1.165, 1.54) is 0 Å². The number of nitrogens with zero attached hydrogens (tertiary/aromatic N) is 4. The summed E-state index contributed by atoms with van der Waals surface area (Å²) in [5, 5.41) is 7.92. The first-order valence-corrected chi connectivity index (χ1v) is 9.86. The molecule has 1 aromatic carbocycles. The van der Waals surface area contributed by atoms with Crippen LogP contribution in [0.15, 0.2) is 41.3 Å². The average molecular weight is 416 g/mol. The lowest BCUT2D eigenvalue weighted by atomic mass is 10.2. The summed E-state index contributed by atoms with van der Waals surface area (Å²) in [6, 6.07) is 7.08. The van der Waals surface area contributed by atoms with Crippen molar-refractivity contribution < 1.29 is 26.3 Å². The molecule has 28 heavy (non-hydrogen) atoms. The molecule has 0 amide bonds. The second kappa shape index (κ2) is 7.55. The van der Waals surface area contributed by atoms with E-state index >= 15 is 0 Å². The molecule has 3 rings (SSSR count). The van der Waals surface area contributed by atoms with Gasteiger partial charge in [-0.2, -0.15) is 17.5 Å².